The summed E-state index contributed by atoms with van der Waals surface area (Å²) in [5.41, 5.74) is 2.88. The van der Waals surface area contributed by atoms with Gasteiger partial charge in [0.25, 0.3) is 0 Å². The third-order valence-electron chi connectivity index (χ3n) is 5.19. The van der Waals surface area contributed by atoms with E-state index in [1.165, 1.54) is 11.8 Å². The highest BCUT2D eigenvalue weighted by molar-refractivity contribution is 7.99. The highest BCUT2D eigenvalue weighted by Gasteiger charge is 2.22. The third-order valence-corrected chi connectivity index (χ3v) is 6.21. The van der Waals surface area contributed by atoms with Crippen molar-refractivity contribution in [2.75, 3.05) is 12.4 Å². The van der Waals surface area contributed by atoms with Gasteiger partial charge in [0, 0.05) is 37.2 Å². The molecule has 1 fully saturated rings. The molecule has 0 bridgehead atoms. The molecule has 0 aromatic carbocycles. The van der Waals surface area contributed by atoms with Crippen LogP contribution in [-0.4, -0.2) is 43.6 Å². The predicted octanol–water partition coefficient (Wildman–Crippen LogP) is 3.65. The van der Waals surface area contributed by atoms with Crippen LogP contribution in [0.15, 0.2) is 34.0 Å². The van der Waals surface area contributed by atoms with Crippen molar-refractivity contribution in [2.24, 2.45) is 7.05 Å². The first-order valence-corrected chi connectivity index (χ1v) is 10.4. The number of hydrogen-bond acceptors (Lipinski definition) is 6. The van der Waals surface area contributed by atoms with E-state index in [1.807, 2.05) is 43.7 Å². The monoisotopic (exact) mass is 400 g/mol. The van der Waals surface area contributed by atoms with E-state index in [4.69, 9.17) is 9.15 Å². The normalized spacial score (nSPS) is 16.8. The topological polar surface area (TPSA) is 75.1 Å². The second-order valence-corrected chi connectivity index (χ2v) is 8.03. The van der Waals surface area contributed by atoms with Gasteiger partial charge >= 0.3 is 0 Å². The van der Waals surface area contributed by atoms with Crippen LogP contribution in [0.4, 0.5) is 0 Å². The van der Waals surface area contributed by atoms with Gasteiger partial charge in [-0.1, -0.05) is 11.8 Å². The van der Waals surface area contributed by atoms with Crippen LogP contribution in [0.3, 0.4) is 0 Å². The summed E-state index contributed by atoms with van der Waals surface area (Å²) in [6.07, 6.45) is 4.05. The first kappa shape index (κ1) is 19.0. The molecule has 0 spiro atoms. The molecule has 0 saturated carbocycles. The number of carbonyl (C=O) groups excluding carboxylic acids is 1. The number of thioether (sulfide) groups is 1. The molecule has 1 saturated heterocycles. The molecule has 0 unspecified atom stereocenters. The van der Waals surface area contributed by atoms with Crippen molar-refractivity contribution in [2.45, 2.75) is 44.5 Å². The quantitative estimate of drug-likeness (QED) is 0.445. The molecule has 0 N–H and O–H groups in total. The Morgan fingerprint density at radius 3 is 2.93 bits per heavy atom. The lowest BCUT2D eigenvalue weighted by atomic mass is 10.2. The van der Waals surface area contributed by atoms with Crippen molar-refractivity contribution in [3.8, 4) is 11.6 Å². The van der Waals surface area contributed by atoms with E-state index in [-0.39, 0.29) is 11.9 Å². The Hall–Kier alpha value is -2.32. The van der Waals surface area contributed by atoms with E-state index in [2.05, 4.69) is 14.8 Å². The average molecular weight is 401 g/mol. The molecule has 3 aromatic rings. The van der Waals surface area contributed by atoms with Crippen LogP contribution in [0.5, 0.6) is 0 Å². The maximum atomic E-state index is 12.8. The number of hydrogen-bond donors (Lipinski definition) is 0. The standard InChI is InChI=1S/C20H24N4O3S/c1-13-10-16(14(2)24(13)11-15-6-4-8-26-15)17(25)12-28-20-22-21-19(23(20)3)18-7-5-9-27-18/h5,7,9-10,15H,4,6,8,11-12H2,1-3H3/t15-/m0/s1. The Morgan fingerprint density at radius 2 is 2.21 bits per heavy atom. The fraction of sp³-hybridized carbons (Fsp3) is 0.450. The maximum absolute atomic E-state index is 12.8. The minimum Gasteiger partial charge on any atom is -0.461 e. The molecule has 28 heavy (non-hydrogen) atoms. The van der Waals surface area contributed by atoms with Crippen molar-refractivity contribution in [1.82, 2.24) is 19.3 Å². The Morgan fingerprint density at radius 1 is 1.36 bits per heavy atom. The van der Waals surface area contributed by atoms with Gasteiger partial charge in [0.2, 0.25) is 0 Å². The number of aromatic nitrogens is 4. The summed E-state index contributed by atoms with van der Waals surface area (Å²) in [7, 11) is 1.87. The van der Waals surface area contributed by atoms with Crippen LogP contribution in [0, 0.1) is 13.8 Å². The van der Waals surface area contributed by atoms with Crippen molar-refractivity contribution < 1.29 is 13.9 Å². The molecule has 1 aliphatic rings. The van der Waals surface area contributed by atoms with Gasteiger partial charge in [0.15, 0.2) is 22.5 Å². The number of furan rings is 1. The van der Waals surface area contributed by atoms with E-state index in [9.17, 15) is 4.79 Å². The third kappa shape index (κ3) is 3.66. The van der Waals surface area contributed by atoms with Crippen LogP contribution < -0.4 is 0 Å². The van der Waals surface area contributed by atoms with Crippen molar-refractivity contribution >= 4 is 17.5 Å². The molecule has 4 rings (SSSR count). The summed E-state index contributed by atoms with van der Waals surface area (Å²) in [6.45, 7) is 5.71. The average Bonchev–Trinajstić information content (AvgIpc) is 3.46. The van der Waals surface area contributed by atoms with Crippen molar-refractivity contribution in [1.29, 1.82) is 0 Å². The van der Waals surface area contributed by atoms with Crippen molar-refractivity contribution in [3.05, 3.63) is 41.4 Å². The Balaban J connectivity index is 1.44. The smallest absolute Gasteiger partial charge is 0.200 e. The lowest BCUT2D eigenvalue weighted by Crippen LogP contribution is -2.17. The minimum absolute atomic E-state index is 0.0965. The largest absolute Gasteiger partial charge is 0.461 e. The van der Waals surface area contributed by atoms with Gasteiger partial charge < -0.3 is 18.3 Å². The molecule has 8 heteroatoms. The molecule has 4 heterocycles. The second-order valence-electron chi connectivity index (χ2n) is 7.08. The number of ether oxygens (including phenoxy) is 1. The van der Waals surface area contributed by atoms with Crippen LogP contribution in [0.2, 0.25) is 0 Å². The molecular weight excluding hydrogens is 376 g/mol. The summed E-state index contributed by atoms with van der Waals surface area (Å²) in [4.78, 5) is 12.8. The van der Waals surface area contributed by atoms with E-state index in [0.29, 0.717) is 22.5 Å². The van der Waals surface area contributed by atoms with Gasteiger partial charge in [-0.05, 0) is 44.9 Å². The molecule has 0 radical (unpaired) electrons. The highest BCUT2D eigenvalue weighted by atomic mass is 32.2. The predicted molar refractivity (Wildman–Crippen MR) is 107 cm³/mol. The Bertz CT molecular complexity index is 968. The number of Topliss-reactive ketones (excluding diaryl/α,β-unsaturated/α-hetero) is 1. The second kappa shape index (κ2) is 7.97. The number of ketones is 1. The van der Waals surface area contributed by atoms with Crippen LogP contribution in [0.25, 0.3) is 11.6 Å². The zero-order valence-electron chi connectivity index (χ0n) is 16.3. The fourth-order valence-corrected chi connectivity index (χ4v) is 4.42. The number of carbonyl (C=O) groups is 1. The summed E-state index contributed by atoms with van der Waals surface area (Å²) >= 11 is 1.39. The molecule has 0 amide bonds. The zero-order valence-corrected chi connectivity index (χ0v) is 17.2. The van der Waals surface area contributed by atoms with Gasteiger partial charge in [-0.3, -0.25) is 4.79 Å². The molecule has 0 aliphatic carbocycles. The van der Waals surface area contributed by atoms with E-state index in [1.54, 1.807) is 6.26 Å². The minimum atomic E-state index is 0.0965. The van der Waals surface area contributed by atoms with E-state index >= 15 is 0 Å². The summed E-state index contributed by atoms with van der Waals surface area (Å²) in [5.74, 6) is 1.72. The maximum Gasteiger partial charge on any atom is 0.200 e. The van der Waals surface area contributed by atoms with Gasteiger partial charge in [-0.15, -0.1) is 10.2 Å². The fourth-order valence-electron chi connectivity index (χ4n) is 3.63. The van der Waals surface area contributed by atoms with Gasteiger partial charge in [-0.25, -0.2) is 0 Å². The summed E-state index contributed by atoms with van der Waals surface area (Å²) in [6, 6.07) is 5.64. The highest BCUT2D eigenvalue weighted by Crippen LogP contribution is 2.25. The van der Waals surface area contributed by atoms with Crippen LogP contribution in [-0.2, 0) is 18.3 Å². The first-order valence-electron chi connectivity index (χ1n) is 9.42. The van der Waals surface area contributed by atoms with Crippen LogP contribution >= 0.6 is 11.8 Å². The Kier molecular flexibility index (Phi) is 5.41. The van der Waals surface area contributed by atoms with E-state index < -0.39 is 0 Å². The van der Waals surface area contributed by atoms with Crippen LogP contribution in [0.1, 0.15) is 34.6 Å². The SMILES string of the molecule is Cc1cc(C(=O)CSc2nnc(-c3ccco3)n2C)c(C)n1C[C@@H]1CCCO1. The first-order chi connectivity index (χ1) is 13.5. The van der Waals surface area contributed by atoms with Gasteiger partial charge in [-0.2, -0.15) is 0 Å². The summed E-state index contributed by atoms with van der Waals surface area (Å²) < 4.78 is 15.2. The Labute approximate surface area is 168 Å². The lowest BCUT2D eigenvalue weighted by molar-refractivity contribution is 0.0957. The van der Waals surface area contributed by atoms with E-state index in [0.717, 1.165) is 42.9 Å². The van der Waals surface area contributed by atoms with Gasteiger partial charge in [0.1, 0.15) is 0 Å². The number of rotatable bonds is 7. The molecule has 1 aliphatic heterocycles. The zero-order chi connectivity index (χ0) is 19.7. The molecule has 148 valence electrons. The number of aryl methyl sites for hydroxylation is 1. The van der Waals surface area contributed by atoms with Crippen molar-refractivity contribution in [3.63, 3.8) is 0 Å². The molecule has 1 atom stereocenters. The lowest BCUT2D eigenvalue weighted by Gasteiger charge is -2.14. The summed E-state index contributed by atoms with van der Waals surface area (Å²) in [5, 5.41) is 9.05. The van der Waals surface area contributed by atoms with Gasteiger partial charge in [0.05, 0.1) is 18.1 Å². The molecular formula is C20H24N4O3S. The molecule has 7 nitrogen and oxygen atoms in total. The number of nitrogens with zero attached hydrogens (tertiary/aromatic N) is 4. The molecule has 3 aromatic heterocycles.